The molecular formula is C17H17ClN4O2. The predicted octanol–water partition coefficient (Wildman–Crippen LogP) is 2.32. The number of aromatic nitrogens is 2. The minimum absolute atomic E-state index is 0.0131. The summed E-state index contributed by atoms with van der Waals surface area (Å²) in [7, 11) is 0. The van der Waals surface area contributed by atoms with Gasteiger partial charge in [-0.05, 0) is 26.0 Å². The number of anilines is 1. The molecule has 2 amide bonds. The topological polar surface area (TPSA) is 66.4 Å². The van der Waals surface area contributed by atoms with E-state index in [4.69, 9.17) is 11.6 Å². The molecule has 6 nitrogen and oxygen atoms in total. The van der Waals surface area contributed by atoms with Gasteiger partial charge >= 0.3 is 0 Å². The number of nitrogens with zero attached hydrogens (tertiary/aromatic N) is 4. The number of halogens is 1. The second-order valence-corrected chi connectivity index (χ2v) is 6.19. The summed E-state index contributed by atoms with van der Waals surface area (Å²) in [6, 6.07) is 7.03. The van der Waals surface area contributed by atoms with Gasteiger partial charge in [-0.25, -0.2) is 4.98 Å². The van der Waals surface area contributed by atoms with Gasteiger partial charge in [0.15, 0.2) is 0 Å². The molecule has 1 saturated heterocycles. The quantitative estimate of drug-likeness (QED) is 0.838. The van der Waals surface area contributed by atoms with Gasteiger partial charge in [-0.3, -0.25) is 14.6 Å². The average molecular weight is 345 g/mol. The van der Waals surface area contributed by atoms with Crippen LogP contribution in [-0.2, 0) is 4.79 Å². The van der Waals surface area contributed by atoms with Crippen LogP contribution in [0, 0.1) is 6.92 Å². The predicted molar refractivity (Wildman–Crippen MR) is 91.1 cm³/mol. The van der Waals surface area contributed by atoms with E-state index in [1.54, 1.807) is 30.2 Å². The Morgan fingerprint density at radius 2 is 2.00 bits per heavy atom. The Labute approximate surface area is 145 Å². The van der Waals surface area contributed by atoms with E-state index < -0.39 is 0 Å². The van der Waals surface area contributed by atoms with Crippen molar-refractivity contribution in [1.82, 2.24) is 14.9 Å². The number of hydrogen-bond acceptors (Lipinski definition) is 4. The Balaban J connectivity index is 1.81. The molecule has 1 atom stereocenters. The monoisotopic (exact) mass is 344 g/mol. The molecule has 7 heteroatoms. The van der Waals surface area contributed by atoms with Gasteiger partial charge in [0.1, 0.15) is 12.2 Å². The molecule has 2 heterocycles. The molecule has 1 aliphatic heterocycles. The van der Waals surface area contributed by atoms with E-state index in [-0.39, 0.29) is 30.1 Å². The van der Waals surface area contributed by atoms with E-state index in [9.17, 15) is 9.59 Å². The Morgan fingerprint density at radius 3 is 2.67 bits per heavy atom. The van der Waals surface area contributed by atoms with Crippen LogP contribution in [-0.4, -0.2) is 45.8 Å². The summed E-state index contributed by atoms with van der Waals surface area (Å²) in [5.41, 5.74) is 1.64. The minimum Gasteiger partial charge on any atom is -0.323 e. The lowest BCUT2D eigenvalue weighted by Gasteiger charge is -2.39. The fourth-order valence-corrected chi connectivity index (χ4v) is 2.91. The second kappa shape index (κ2) is 6.57. The standard InChI is InChI=1S/C17H17ClN4O2/c1-11-7-20-14(8-19-11)17(24)21-10-16(23)22(9-12(21)2)15-6-4-3-5-13(15)18/h3-8,12H,9-10H2,1-2H3/t12-/m1/s1. The lowest BCUT2D eigenvalue weighted by Crippen LogP contribution is -2.57. The Hall–Kier alpha value is -2.47. The fourth-order valence-electron chi connectivity index (χ4n) is 2.68. The van der Waals surface area contributed by atoms with Crippen LogP contribution >= 0.6 is 11.6 Å². The minimum atomic E-state index is -0.290. The first-order valence-electron chi connectivity index (χ1n) is 7.62. The maximum Gasteiger partial charge on any atom is 0.274 e. The maximum atomic E-state index is 12.6. The van der Waals surface area contributed by atoms with Crippen LogP contribution in [0.3, 0.4) is 0 Å². The molecule has 3 rings (SSSR count). The van der Waals surface area contributed by atoms with Crippen molar-refractivity contribution < 1.29 is 9.59 Å². The third kappa shape index (κ3) is 3.10. The summed E-state index contributed by atoms with van der Waals surface area (Å²) < 4.78 is 0. The molecule has 1 fully saturated rings. The lowest BCUT2D eigenvalue weighted by molar-refractivity contribution is -0.121. The number of amides is 2. The highest BCUT2D eigenvalue weighted by molar-refractivity contribution is 6.33. The van der Waals surface area contributed by atoms with Crippen LogP contribution in [0.4, 0.5) is 5.69 Å². The number of rotatable bonds is 2. The number of aryl methyl sites for hydroxylation is 1. The molecule has 0 unspecified atom stereocenters. The largest absolute Gasteiger partial charge is 0.323 e. The van der Waals surface area contributed by atoms with E-state index in [1.165, 1.54) is 11.1 Å². The van der Waals surface area contributed by atoms with E-state index in [1.807, 2.05) is 19.1 Å². The number of para-hydroxylation sites is 1. The normalized spacial score (nSPS) is 18.0. The first kappa shape index (κ1) is 16.4. The van der Waals surface area contributed by atoms with Crippen LogP contribution in [0.1, 0.15) is 23.1 Å². The van der Waals surface area contributed by atoms with Gasteiger partial charge in [-0.2, -0.15) is 0 Å². The van der Waals surface area contributed by atoms with Gasteiger partial charge in [0.05, 0.1) is 22.6 Å². The molecule has 0 aliphatic carbocycles. The van der Waals surface area contributed by atoms with Gasteiger partial charge in [0, 0.05) is 18.8 Å². The van der Waals surface area contributed by atoms with Gasteiger partial charge in [-0.15, -0.1) is 0 Å². The third-order valence-electron chi connectivity index (χ3n) is 3.99. The Kier molecular flexibility index (Phi) is 4.49. The van der Waals surface area contributed by atoms with Crippen molar-refractivity contribution in [2.45, 2.75) is 19.9 Å². The molecule has 0 bridgehead atoms. The Bertz CT molecular complexity index is 778. The van der Waals surface area contributed by atoms with Crippen LogP contribution in [0.15, 0.2) is 36.7 Å². The lowest BCUT2D eigenvalue weighted by atomic mass is 10.1. The van der Waals surface area contributed by atoms with E-state index in [0.717, 1.165) is 5.69 Å². The molecule has 24 heavy (non-hydrogen) atoms. The summed E-state index contributed by atoms with van der Waals surface area (Å²) >= 11 is 6.19. The molecule has 0 radical (unpaired) electrons. The number of carbonyl (C=O) groups excluding carboxylic acids is 2. The fraction of sp³-hybridized carbons (Fsp3) is 0.294. The van der Waals surface area contributed by atoms with E-state index in [0.29, 0.717) is 17.3 Å². The zero-order valence-corrected chi connectivity index (χ0v) is 14.2. The van der Waals surface area contributed by atoms with Crippen molar-refractivity contribution in [2.24, 2.45) is 0 Å². The molecule has 0 saturated carbocycles. The molecule has 1 aromatic carbocycles. The molecular weight excluding hydrogens is 328 g/mol. The summed E-state index contributed by atoms with van der Waals surface area (Å²) in [6.07, 6.45) is 2.98. The molecule has 0 spiro atoms. The number of hydrogen-bond donors (Lipinski definition) is 0. The molecule has 1 aliphatic rings. The Morgan fingerprint density at radius 1 is 1.25 bits per heavy atom. The zero-order valence-electron chi connectivity index (χ0n) is 13.4. The van der Waals surface area contributed by atoms with Crippen molar-refractivity contribution >= 4 is 29.1 Å². The third-order valence-corrected chi connectivity index (χ3v) is 4.31. The van der Waals surface area contributed by atoms with Crippen LogP contribution in [0.2, 0.25) is 5.02 Å². The summed E-state index contributed by atoms with van der Waals surface area (Å²) in [5, 5.41) is 0.516. The van der Waals surface area contributed by atoms with Crippen molar-refractivity contribution in [3.05, 3.63) is 53.1 Å². The molecule has 124 valence electrons. The van der Waals surface area contributed by atoms with Crippen LogP contribution < -0.4 is 4.90 Å². The highest BCUT2D eigenvalue weighted by Gasteiger charge is 2.34. The molecule has 1 aromatic heterocycles. The SMILES string of the molecule is Cc1cnc(C(=O)N2CC(=O)N(c3ccccc3Cl)C[C@H]2C)cn1. The van der Waals surface area contributed by atoms with Crippen LogP contribution in [0.5, 0.6) is 0 Å². The summed E-state index contributed by atoms with van der Waals surface area (Å²) in [4.78, 5) is 36.5. The maximum absolute atomic E-state index is 12.6. The zero-order chi connectivity index (χ0) is 17.3. The van der Waals surface area contributed by atoms with Crippen molar-refractivity contribution in [3.8, 4) is 0 Å². The van der Waals surface area contributed by atoms with Crippen molar-refractivity contribution in [3.63, 3.8) is 0 Å². The molecule has 0 N–H and O–H groups in total. The van der Waals surface area contributed by atoms with Crippen LogP contribution in [0.25, 0.3) is 0 Å². The second-order valence-electron chi connectivity index (χ2n) is 5.78. The average Bonchev–Trinajstić information content (AvgIpc) is 2.57. The van der Waals surface area contributed by atoms with E-state index in [2.05, 4.69) is 9.97 Å². The van der Waals surface area contributed by atoms with Crippen molar-refractivity contribution in [1.29, 1.82) is 0 Å². The molecule has 2 aromatic rings. The van der Waals surface area contributed by atoms with Crippen molar-refractivity contribution in [2.75, 3.05) is 18.0 Å². The van der Waals surface area contributed by atoms with E-state index >= 15 is 0 Å². The number of benzene rings is 1. The highest BCUT2D eigenvalue weighted by Crippen LogP contribution is 2.28. The first-order chi connectivity index (χ1) is 11.5. The number of carbonyl (C=O) groups is 2. The summed E-state index contributed by atoms with van der Waals surface area (Å²) in [5.74, 6) is -0.461. The highest BCUT2D eigenvalue weighted by atomic mass is 35.5. The first-order valence-corrected chi connectivity index (χ1v) is 7.99. The smallest absolute Gasteiger partial charge is 0.274 e. The van der Waals surface area contributed by atoms with Gasteiger partial charge in [0.2, 0.25) is 5.91 Å². The number of piperazine rings is 1. The summed E-state index contributed by atoms with van der Waals surface area (Å²) in [6.45, 7) is 4.07. The van der Waals surface area contributed by atoms with Gasteiger partial charge < -0.3 is 9.80 Å². The van der Waals surface area contributed by atoms with Gasteiger partial charge in [-0.1, -0.05) is 23.7 Å². The van der Waals surface area contributed by atoms with Gasteiger partial charge in [0.25, 0.3) is 5.91 Å².